The number of hydrogen-bond acceptors (Lipinski definition) is 14. The lowest BCUT2D eigenvalue weighted by Gasteiger charge is -2.37. The number of piperazine rings is 2. The summed E-state index contributed by atoms with van der Waals surface area (Å²) in [4.78, 5) is 82.9. The molecule has 2 aromatic carbocycles. The van der Waals surface area contributed by atoms with E-state index < -0.39 is 84.9 Å². The third-order valence-corrected chi connectivity index (χ3v) is 18.3. The molecule has 1 unspecified atom stereocenters. The van der Waals surface area contributed by atoms with Gasteiger partial charge in [-0.25, -0.2) is 27.5 Å². The summed E-state index contributed by atoms with van der Waals surface area (Å²) in [7, 11) is 0. The van der Waals surface area contributed by atoms with Crippen molar-refractivity contribution in [3.05, 3.63) is 157 Å². The van der Waals surface area contributed by atoms with Crippen molar-refractivity contribution in [2.75, 3.05) is 73.6 Å². The van der Waals surface area contributed by atoms with Gasteiger partial charge in [-0.05, 0) is 54.7 Å². The Balaban J connectivity index is 1.01. The Morgan fingerprint density at radius 2 is 1.23 bits per heavy atom. The highest BCUT2D eigenvalue weighted by molar-refractivity contribution is 6.48. The van der Waals surface area contributed by atoms with E-state index in [4.69, 9.17) is 91.0 Å². The highest BCUT2D eigenvalue weighted by atomic mass is 35.5. The molecule has 18 nitrogen and oxygen atoms in total. The van der Waals surface area contributed by atoms with Crippen LogP contribution in [0.15, 0.2) is 75.6 Å². The molecule has 0 radical (unpaired) electrons. The van der Waals surface area contributed by atoms with Crippen molar-refractivity contribution in [3.63, 3.8) is 0 Å². The number of aliphatic imine (C=N–C) groups is 1. The van der Waals surface area contributed by atoms with Gasteiger partial charge in [0.1, 0.15) is 40.2 Å². The van der Waals surface area contributed by atoms with Crippen LogP contribution in [0.4, 0.5) is 40.3 Å². The molecule has 0 aliphatic carbocycles. The first-order valence-corrected chi connectivity index (χ1v) is 30.2. The van der Waals surface area contributed by atoms with Crippen LogP contribution >= 0.6 is 69.6 Å². The number of pyridine rings is 5. The average Bonchev–Trinajstić information content (AvgIpc) is 0.732. The van der Waals surface area contributed by atoms with Crippen LogP contribution in [0.5, 0.6) is 0 Å². The standard InChI is InChI=1S/C62H52Cl6F4N14O4/c1-8-37(87)81-13-17-83(18-14-81)57-31-22-35(63)53(39-41(65)44(68)47(71)49(75)43(39)67)79-59(31)86(62(90)34(57)25-74)56-29(7)21-30(78-52(56)27(4)5)9-10-38(88)82-15-19-84(20-16-82)58-32-23-36(64)54(40-42(66)46(70)48(72)50(76)45(40)69)80-60(32)85(61(89)33(58)24-73)55-28(6)11-12-77-51(55)26(2)3/h8-12,21-23,26-27,29,56H,1,13-20,75-76H2,2-7H3/b10-9-/t29-,56?/m1/s1. The Bertz CT molecular complexity index is 4540. The summed E-state index contributed by atoms with van der Waals surface area (Å²) in [6.07, 6.45) is 7.37. The lowest BCUT2D eigenvalue weighted by atomic mass is 9.87. The van der Waals surface area contributed by atoms with Crippen molar-refractivity contribution in [2.24, 2.45) is 16.8 Å². The van der Waals surface area contributed by atoms with Crippen molar-refractivity contribution >= 4 is 132 Å². The van der Waals surface area contributed by atoms with E-state index in [9.17, 15) is 29.3 Å². The Morgan fingerprint density at radius 1 is 0.689 bits per heavy atom. The van der Waals surface area contributed by atoms with E-state index in [2.05, 4.69) is 28.7 Å². The van der Waals surface area contributed by atoms with Crippen molar-refractivity contribution in [3.8, 4) is 40.3 Å². The molecule has 10 rings (SSSR count). The van der Waals surface area contributed by atoms with E-state index in [1.165, 1.54) is 34.9 Å². The van der Waals surface area contributed by atoms with E-state index >= 15 is 18.0 Å². The zero-order chi connectivity index (χ0) is 65.4. The highest BCUT2D eigenvalue weighted by Gasteiger charge is 2.38. The Labute approximate surface area is 542 Å². The van der Waals surface area contributed by atoms with Gasteiger partial charge in [0.25, 0.3) is 11.1 Å². The smallest absolute Gasteiger partial charge is 0.276 e. The number of allylic oxidation sites excluding steroid dienone is 2. The van der Waals surface area contributed by atoms with Gasteiger partial charge in [0.05, 0.1) is 87.3 Å². The summed E-state index contributed by atoms with van der Waals surface area (Å²) in [6, 6.07) is 7.72. The topological polar surface area (TPSA) is 242 Å². The minimum atomic E-state index is -1.72. The Kier molecular flexibility index (Phi) is 18.1. The molecule has 7 aromatic rings. The Hall–Kier alpha value is -8.22. The number of carbonyl (C=O) groups is 2. The maximum absolute atomic E-state index is 15.9. The summed E-state index contributed by atoms with van der Waals surface area (Å²) in [5.74, 6) is -7.89. The number of rotatable bonds is 11. The molecule has 464 valence electrons. The molecule has 4 N–H and O–H groups in total. The normalized spacial score (nSPS) is 16.4. The molecule has 2 amide bonds. The molecular weight excluding hydrogens is 1290 g/mol. The van der Waals surface area contributed by atoms with Crippen molar-refractivity contribution in [1.29, 1.82) is 10.5 Å². The predicted molar refractivity (Wildman–Crippen MR) is 344 cm³/mol. The average molecular weight is 1350 g/mol. The fraction of sp³-hybridized carbons (Fsp3) is 0.290. The molecule has 90 heavy (non-hydrogen) atoms. The molecule has 2 fully saturated rings. The molecule has 2 atom stereocenters. The lowest BCUT2D eigenvalue weighted by Crippen LogP contribution is -2.49. The van der Waals surface area contributed by atoms with Crippen LogP contribution in [0, 0.1) is 64.7 Å². The number of halogens is 10. The minimum absolute atomic E-state index is 0.00712. The van der Waals surface area contributed by atoms with E-state index in [0.29, 0.717) is 22.7 Å². The molecular formula is C62H52Cl6F4N14O4. The fourth-order valence-electron chi connectivity index (χ4n) is 11.7. The lowest BCUT2D eigenvalue weighted by molar-refractivity contribution is -0.127. The SMILES string of the molecule is C=CC(=O)N1CCN(c2c(C#N)c(=O)n(C3C(C(C)C)=NC(/C=C\C(=O)N4CCN(c5c(C#N)c(=O)n(-c6c(C)ccnc6C(C)C)c6nc(-c7c(F)c(N)c(F)c(F)c7Cl)c(Cl)cc56)CC4)=C[C@H]3C)c3nc(-c4c(Cl)c(N)c(F)c(Cl)c4Cl)c(Cl)cc23)CC1. The van der Waals surface area contributed by atoms with Gasteiger partial charge in [0.2, 0.25) is 11.8 Å². The maximum atomic E-state index is 15.9. The van der Waals surface area contributed by atoms with Crippen LogP contribution in [0.25, 0.3) is 50.3 Å². The summed E-state index contributed by atoms with van der Waals surface area (Å²) < 4.78 is 63.4. The van der Waals surface area contributed by atoms with E-state index in [1.807, 2.05) is 34.6 Å². The Morgan fingerprint density at radius 3 is 1.79 bits per heavy atom. The predicted octanol–water partition coefficient (Wildman–Crippen LogP) is 12.6. The van der Waals surface area contributed by atoms with Crippen molar-refractivity contribution in [1.82, 2.24) is 33.9 Å². The number of aryl methyl sites for hydroxylation is 1. The van der Waals surface area contributed by atoms with Crippen LogP contribution in [-0.2, 0) is 9.59 Å². The molecule has 0 saturated carbocycles. The maximum Gasteiger partial charge on any atom is 0.276 e. The molecule has 0 spiro atoms. The number of nitrogens with two attached hydrogens (primary N) is 2. The van der Waals surface area contributed by atoms with Gasteiger partial charge in [0, 0.05) is 92.6 Å². The number of carbonyl (C=O) groups excluding carboxylic acids is 2. The van der Waals surface area contributed by atoms with Gasteiger partial charge in [-0.1, -0.05) is 117 Å². The number of amides is 2. The quantitative estimate of drug-likeness (QED) is 0.0403. The van der Waals surface area contributed by atoms with Crippen LogP contribution in [0.2, 0.25) is 30.1 Å². The first kappa shape index (κ1) is 64.8. The van der Waals surface area contributed by atoms with E-state index in [1.54, 1.807) is 44.9 Å². The zero-order valence-corrected chi connectivity index (χ0v) is 53.3. The number of nitriles is 2. The number of aromatic nitrogens is 5. The number of fused-ring (bicyclic) bond motifs is 2. The number of anilines is 4. The monoisotopic (exact) mass is 1340 g/mol. The summed E-state index contributed by atoms with van der Waals surface area (Å²) in [6.45, 7) is 15.6. The molecule has 8 heterocycles. The second-order valence-corrected chi connectivity index (χ2v) is 24.5. The third-order valence-electron chi connectivity index (χ3n) is 16.2. The minimum Gasteiger partial charge on any atom is -0.395 e. The summed E-state index contributed by atoms with van der Waals surface area (Å²) in [5.41, 5.74) is 8.51. The third kappa shape index (κ3) is 10.9. The van der Waals surface area contributed by atoms with Crippen molar-refractivity contribution in [2.45, 2.75) is 53.5 Å². The fourth-order valence-corrected chi connectivity index (χ4v) is 13.3. The molecule has 28 heteroatoms. The van der Waals surface area contributed by atoms with Crippen LogP contribution in [0.3, 0.4) is 0 Å². The van der Waals surface area contributed by atoms with Crippen molar-refractivity contribution < 1.29 is 27.2 Å². The number of nitrogen functional groups attached to an aromatic ring is 2. The second kappa shape index (κ2) is 25.2. The van der Waals surface area contributed by atoms with E-state index in [-0.39, 0.29) is 152 Å². The molecule has 3 aliphatic rings. The van der Waals surface area contributed by atoms with Crippen LogP contribution in [-0.4, -0.2) is 104 Å². The largest absolute Gasteiger partial charge is 0.395 e. The second-order valence-electron chi connectivity index (χ2n) is 22.2. The molecule has 0 bridgehead atoms. The van der Waals surface area contributed by atoms with Crippen LogP contribution < -0.4 is 32.4 Å². The molecule has 5 aromatic heterocycles. The van der Waals surface area contributed by atoms with Gasteiger partial charge in [-0.2, -0.15) is 10.5 Å². The van der Waals surface area contributed by atoms with Gasteiger partial charge in [0.15, 0.2) is 23.3 Å². The number of nitrogens with zero attached hydrogens (tertiary/aromatic N) is 12. The zero-order valence-electron chi connectivity index (χ0n) is 48.7. The van der Waals surface area contributed by atoms with Gasteiger partial charge in [-0.15, -0.1) is 0 Å². The number of hydrogen-bond donors (Lipinski definition) is 2. The van der Waals surface area contributed by atoms with Gasteiger partial charge < -0.3 is 31.1 Å². The van der Waals surface area contributed by atoms with Gasteiger partial charge in [-0.3, -0.25) is 38.3 Å². The summed E-state index contributed by atoms with van der Waals surface area (Å²) >= 11 is 39.8. The first-order chi connectivity index (χ1) is 42.7. The van der Waals surface area contributed by atoms with Crippen LogP contribution in [0.1, 0.15) is 69.0 Å². The van der Waals surface area contributed by atoms with E-state index in [0.717, 1.165) is 4.57 Å². The molecule has 3 aliphatic heterocycles. The number of benzene rings is 2. The summed E-state index contributed by atoms with van der Waals surface area (Å²) in [5, 5.41) is 19.5. The highest BCUT2D eigenvalue weighted by Crippen LogP contribution is 2.48. The molecule has 2 saturated heterocycles. The first-order valence-electron chi connectivity index (χ1n) is 27.9. The van der Waals surface area contributed by atoms with Gasteiger partial charge >= 0.3 is 0 Å².